The van der Waals surface area contributed by atoms with Gasteiger partial charge in [-0.1, -0.05) is 32.0 Å². The Morgan fingerprint density at radius 3 is 2.63 bits per heavy atom. The molecule has 2 unspecified atom stereocenters. The minimum atomic E-state index is 0.142. The van der Waals surface area contributed by atoms with Crippen LogP contribution in [0.15, 0.2) is 36.7 Å². The molecule has 1 aromatic carbocycles. The highest BCUT2D eigenvalue weighted by molar-refractivity contribution is 5.85. The van der Waals surface area contributed by atoms with Crippen molar-refractivity contribution < 1.29 is 4.74 Å². The van der Waals surface area contributed by atoms with E-state index in [2.05, 4.69) is 48.4 Å². The van der Waals surface area contributed by atoms with Gasteiger partial charge in [-0.2, -0.15) is 0 Å². The lowest BCUT2D eigenvalue weighted by Crippen LogP contribution is -2.34. The van der Waals surface area contributed by atoms with Gasteiger partial charge in [0.2, 0.25) is 0 Å². The average molecular weight is 258 g/mol. The van der Waals surface area contributed by atoms with E-state index in [0.29, 0.717) is 5.92 Å². The van der Waals surface area contributed by atoms with Gasteiger partial charge in [-0.3, -0.25) is 4.98 Å². The van der Waals surface area contributed by atoms with E-state index in [1.807, 2.05) is 19.4 Å². The fourth-order valence-corrected chi connectivity index (χ4v) is 2.71. The van der Waals surface area contributed by atoms with E-state index in [1.54, 1.807) is 7.11 Å². The predicted molar refractivity (Wildman–Crippen MR) is 79.2 cm³/mol. The van der Waals surface area contributed by atoms with Crippen LogP contribution in [0.2, 0.25) is 0 Å². The molecule has 1 N–H and O–H groups in total. The average Bonchev–Trinajstić information content (AvgIpc) is 2.43. The zero-order valence-corrected chi connectivity index (χ0v) is 12.1. The molecular formula is C16H22N2O. The molecule has 0 amide bonds. The first-order valence-corrected chi connectivity index (χ1v) is 6.71. The number of nitrogens with one attached hydrogen (secondary N) is 1. The maximum Gasteiger partial charge on any atom is 0.0788 e. The lowest BCUT2D eigenvalue weighted by molar-refractivity contribution is 0.0352. The van der Waals surface area contributed by atoms with Crippen molar-refractivity contribution in [1.29, 1.82) is 0 Å². The summed E-state index contributed by atoms with van der Waals surface area (Å²) in [6, 6.07) is 8.59. The lowest BCUT2D eigenvalue weighted by atomic mass is 9.91. The molecule has 19 heavy (non-hydrogen) atoms. The molecule has 0 saturated carbocycles. The molecule has 102 valence electrons. The number of nitrogens with zero attached hydrogens (tertiary/aromatic N) is 1. The molecule has 2 atom stereocenters. The molecule has 0 fully saturated rings. The molecule has 3 heteroatoms. The van der Waals surface area contributed by atoms with Gasteiger partial charge in [0.05, 0.1) is 12.1 Å². The maximum absolute atomic E-state index is 5.69. The van der Waals surface area contributed by atoms with Gasteiger partial charge in [0.15, 0.2) is 0 Å². The van der Waals surface area contributed by atoms with Crippen molar-refractivity contribution in [2.24, 2.45) is 5.92 Å². The van der Waals surface area contributed by atoms with Gasteiger partial charge in [0.1, 0.15) is 0 Å². The van der Waals surface area contributed by atoms with Gasteiger partial charge in [-0.15, -0.1) is 0 Å². The number of fused-ring (bicyclic) bond motifs is 1. The molecule has 0 aliphatic carbocycles. The zero-order valence-electron chi connectivity index (χ0n) is 12.1. The molecule has 0 bridgehead atoms. The lowest BCUT2D eigenvalue weighted by Gasteiger charge is -2.30. The fourth-order valence-electron chi connectivity index (χ4n) is 2.71. The third-order valence-corrected chi connectivity index (χ3v) is 3.62. The normalized spacial score (nSPS) is 14.8. The van der Waals surface area contributed by atoms with Crippen LogP contribution in [0.3, 0.4) is 0 Å². The van der Waals surface area contributed by atoms with Crippen LogP contribution < -0.4 is 5.32 Å². The molecule has 0 radical (unpaired) electrons. The quantitative estimate of drug-likeness (QED) is 0.894. The topological polar surface area (TPSA) is 34.2 Å². The van der Waals surface area contributed by atoms with Crippen LogP contribution in [0.1, 0.15) is 25.5 Å². The number of hydrogen-bond acceptors (Lipinski definition) is 3. The van der Waals surface area contributed by atoms with Crippen LogP contribution in [0.5, 0.6) is 0 Å². The Labute approximate surface area is 115 Å². The van der Waals surface area contributed by atoms with E-state index in [4.69, 9.17) is 4.74 Å². The number of methoxy groups -OCH3 is 1. The molecule has 2 aromatic rings. The van der Waals surface area contributed by atoms with Crippen LogP contribution in [0, 0.1) is 5.92 Å². The standard InChI is InChI=1S/C16H22N2O/c1-11(2)16(19-4)15(17-3)14-7-5-6-12-10-18-9-8-13(12)14/h5-11,15-17H,1-4H3. The highest BCUT2D eigenvalue weighted by Gasteiger charge is 2.25. The highest BCUT2D eigenvalue weighted by atomic mass is 16.5. The molecule has 2 rings (SSSR count). The molecule has 0 spiro atoms. The monoisotopic (exact) mass is 258 g/mol. The Kier molecular flexibility index (Phi) is 4.51. The minimum Gasteiger partial charge on any atom is -0.379 e. The first kappa shape index (κ1) is 14.0. The summed E-state index contributed by atoms with van der Waals surface area (Å²) in [5.74, 6) is 0.444. The van der Waals surface area contributed by atoms with E-state index in [0.717, 1.165) is 0 Å². The first-order valence-electron chi connectivity index (χ1n) is 6.71. The van der Waals surface area contributed by atoms with Crippen molar-refractivity contribution in [1.82, 2.24) is 10.3 Å². The summed E-state index contributed by atoms with van der Waals surface area (Å²) in [7, 11) is 3.76. The summed E-state index contributed by atoms with van der Waals surface area (Å²) < 4.78 is 5.69. The zero-order chi connectivity index (χ0) is 13.8. The summed E-state index contributed by atoms with van der Waals surface area (Å²) in [6.45, 7) is 4.37. The molecule has 1 heterocycles. The Morgan fingerprint density at radius 1 is 1.21 bits per heavy atom. The molecule has 0 aliphatic heterocycles. The van der Waals surface area contributed by atoms with E-state index < -0.39 is 0 Å². The second kappa shape index (κ2) is 6.13. The van der Waals surface area contributed by atoms with E-state index in [9.17, 15) is 0 Å². The minimum absolute atomic E-state index is 0.142. The number of aromatic nitrogens is 1. The summed E-state index contributed by atoms with van der Waals surface area (Å²) in [5, 5.41) is 5.80. The highest BCUT2D eigenvalue weighted by Crippen LogP contribution is 2.29. The van der Waals surface area contributed by atoms with Gasteiger partial charge in [-0.25, -0.2) is 0 Å². The Bertz CT molecular complexity index is 534. The summed E-state index contributed by atoms with van der Waals surface area (Å²) in [5.41, 5.74) is 1.27. The number of hydrogen-bond donors (Lipinski definition) is 1. The second-order valence-corrected chi connectivity index (χ2v) is 5.15. The van der Waals surface area contributed by atoms with Crippen LogP contribution in [0.4, 0.5) is 0 Å². The van der Waals surface area contributed by atoms with Gasteiger partial charge >= 0.3 is 0 Å². The maximum atomic E-state index is 5.69. The van der Waals surface area contributed by atoms with Crippen LogP contribution in [0.25, 0.3) is 10.8 Å². The van der Waals surface area contributed by atoms with Crippen molar-refractivity contribution in [3.8, 4) is 0 Å². The molecule has 3 nitrogen and oxygen atoms in total. The van der Waals surface area contributed by atoms with Crippen molar-refractivity contribution in [3.63, 3.8) is 0 Å². The van der Waals surface area contributed by atoms with Crippen LogP contribution in [-0.2, 0) is 4.74 Å². The Morgan fingerprint density at radius 2 is 2.00 bits per heavy atom. The van der Waals surface area contributed by atoms with E-state index in [-0.39, 0.29) is 12.1 Å². The number of ether oxygens (including phenoxy) is 1. The molecular weight excluding hydrogens is 236 g/mol. The Balaban J connectivity index is 2.51. The number of rotatable bonds is 5. The largest absolute Gasteiger partial charge is 0.379 e. The summed E-state index contributed by atoms with van der Waals surface area (Å²) in [4.78, 5) is 4.19. The molecule has 0 aliphatic rings. The van der Waals surface area contributed by atoms with Gasteiger partial charge in [-0.05, 0) is 30.0 Å². The fraction of sp³-hybridized carbons (Fsp3) is 0.438. The van der Waals surface area contributed by atoms with Crippen LogP contribution in [-0.4, -0.2) is 25.2 Å². The predicted octanol–water partition coefficient (Wildman–Crippen LogP) is 3.17. The first-order chi connectivity index (χ1) is 9.19. The SMILES string of the molecule is CNC(c1cccc2cnccc12)C(OC)C(C)C. The van der Waals surface area contributed by atoms with E-state index in [1.165, 1.54) is 16.3 Å². The van der Waals surface area contributed by atoms with Gasteiger partial charge in [0.25, 0.3) is 0 Å². The van der Waals surface area contributed by atoms with Crippen molar-refractivity contribution >= 4 is 10.8 Å². The molecule has 1 aromatic heterocycles. The summed E-state index contributed by atoms with van der Waals surface area (Å²) >= 11 is 0. The second-order valence-electron chi connectivity index (χ2n) is 5.15. The number of benzene rings is 1. The van der Waals surface area contributed by atoms with Gasteiger partial charge < -0.3 is 10.1 Å². The number of pyridine rings is 1. The van der Waals surface area contributed by atoms with Crippen molar-refractivity contribution in [2.75, 3.05) is 14.2 Å². The Hall–Kier alpha value is -1.45. The smallest absolute Gasteiger partial charge is 0.0788 e. The number of likely N-dealkylation sites (N-methyl/N-ethyl adjacent to an activating group) is 1. The summed E-state index contributed by atoms with van der Waals surface area (Å²) in [6.07, 6.45) is 3.89. The third-order valence-electron chi connectivity index (χ3n) is 3.62. The van der Waals surface area contributed by atoms with E-state index >= 15 is 0 Å². The van der Waals surface area contributed by atoms with Crippen molar-refractivity contribution in [3.05, 3.63) is 42.2 Å². The molecule has 0 saturated heterocycles. The van der Waals surface area contributed by atoms with Crippen LogP contribution >= 0.6 is 0 Å². The van der Waals surface area contributed by atoms with Crippen molar-refractivity contribution in [2.45, 2.75) is 26.0 Å². The van der Waals surface area contributed by atoms with Gasteiger partial charge in [0, 0.05) is 24.9 Å². The third kappa shape index (κ3) is 2.77.